The molecule has 29 heavy (non-hydrogen) atoms. The monoisotopic (exact) mass is 428 g/mol. The van der Waals surface area contributed by atoms with Gasteiger partial charge in [-0.25, -0.2) is 4.98 Å². The van der Waals surface area contributed by atoms with Gasteiger partial charge in [-0.05, 0) is 60.7 Å². The van der Waals surface area contributed by atoms with Crippen LogP contribution in [0.5, 0.6) is 11.5 Å². The first-order valence-corrected chi connectivity index (χ1v) is 9.39. The van der Waals surface area contributed by atoms with Crippen LogP contribution in [0.1, 0.15) is 15.9 Å². The number of allylic oxidation sites excluding steroid dienone is 1. The molecule has 0 saturated heterocycles. The number of carbonyl (C=O) groups excluding carboxylic acids is 1. The van der Waals surface area contributed by atoms with E-state index in [1.54, 1.807) is 61.8 Å². The second-order valence-electron chi connectivity index (χ2n) is 5.96. The Kier molecular flexibility index (Phi) is 6.75. The van der Waals surface area contributed by atoms with E-state index in [9.17, 15) is 4.79 Å². The molecule has 0 amide bonds. The SMILES string of the molecule is COc1ccc(C(=O)/C=C/c2cccnc2Nc2ccc(Cl)cc2Cl)cc1OC. The zero-order valence-electron chi connectivity index (χ0n) is 15.8. The minimum atomic E-state index is -0.176. The summed E-state index contributed by atoms with van der Waals surface area (Å²) in [6.07, 6.45) is 4.82. The molecule has 0 bridgehead atoms. The number of anilines is 2. The number of ether oxygens (including phenoxy) is 2. The summed E-state index contributed by atoms with van der Waals surface area (Å²) in [7, 11) is 3.07. The van der Waals surface area contributed by atoms with E-state index in [0.29, 0.717) is 38.6 Å². The zero-order chi connectivity index (χ0) is 20.8. The number of benzene rings is 2. The Labute approximate surface area is 178 Å². The predicted octanol–water partition coefficient (Wildman–Crippen LogP) is 6.05. The fraction of sp³-hybridized carbons (Fsp3) is 0.0909. The summed E-state index contributed by atoms with van der Waals surface area (Å²) >= 11 is 12.2. The van der Waals surface area contributed by atoms with Crippen LogP contribution in [0.2, 0.25) is 10.0 Å². The van der Waals surface area contributed by atoms with E-state index in [0.717, 1.165) is 5.56 Å². The van der Waals surface area contributed by atoms with Gasteiger partial charge in [0.2, 0.25) is 0 Å². The van der Waals surface area contributed by atoms with Crippen LogP contribution >= 0.6 is 23.2 Å². The fourth-order valence-corrected chi connectivity index (χ4v) is 3.08. The summed E-state index contributed by atoms with van der Waals surface area (Å²) in [6, 6.07) is 13.8. The summed E-state index contributed by atoms with van der Waals surface area (Å²) in [5.74, 6) is 1.44. The van der Waals surface area contributed by atoms with Crippen LogP contribution in [-0.2, 0) is 0 Å². The maximum atomic E-state index is 12.6. The number of carbonyl (C=O) groups is 1. The molecule has 3 aromatic rings. The van der Waals surface area contributed by atoms with Crippen molar-refractivity contribution in [2.45, 2.75) is 0 Å². The maximum Gasteiger partial charge on any atom is 0.185 e. The first-order chi connectivity index (χ1) is 14.0. The first kappa shape index (κ1) is 20.7. The van der Waals surface area contributed by atoms with Crippen LogP contribution in [0, 0.1) is 0 Å². The van der Waals surface area contributed by atoms with Gasteiger partial charge in [0.15, 0.2) is 17.3 Å². The van der Waals surface area contributed by atoms with Crippen molar-refractivity contribution in [2.24, 2.45) is 0 Å². The molecule has 2 aromatic carbocycles. The van der Waals surface area contributed by atoms with Gasteiger partial charge in [0.25, 0.3) is 0 Å². The van der Waals surface area contributed by atoms with E-state index in [2.05, 4.69) is 10.3 Å². The second kappa shape index (κ2) is 9.45. The molecule has 1 N–H and O–H groups in total. The lowest BCUT2D eigenvalue weighted by Gasteiger charge is -2.10. The molecule has 1 aromatic heterocycles. The van der Waals surface area contributed by atoms with Gasteiger partial charge in [-0.1, -0.05) is 23.2 Å². The number of nitrogens with one attached hydrogen (secondary N) is 1. The Morgan fingerprint density at radius 2 is 1.83 bits per heavy atom. The van der Waals surface area contributed by atoms with Gasteiger partial charge >= 0.3 is 0 Å². The van der Waals surface area contributed by atoms with Gasteiger partial charge in [-0.2, -0.15) is 0 Å². The summed E-state index contributed by atoms with van der Waals surface area (Å²) in [5, 5.41) is 4.18. The number of pyridine rings is 1. The molecule has 0 fully saturated rings. The van der Waals surface area contributed by atoms with Gasteiger partial charge in [0, 0.05) is 22.3 Å². The molecule has 7 heteroatoms. The standard InChI is InChI=1S/C22H18Cl2N2O3/c1-28-20-10-6-15(12-21(20)29-2)19(27)9-5-14-4-3-11-25-22(14)26-18-8-7-16(23)13-17(18)24/h3-13H,1-2H3,(H,25,26)/b9-5+. The summed E-state index contributed by atoms with van der Waals surface area (Å²) in [6.45, 7) is 0. The molecule has 0 aliphatic rings. The van der Waals surface area contributed by atoms with Crippen molar-refractivity contribution < 1.29 is 14.3 Å². The van der Waals surface area contributed by atoms with E-state index >= 15 is 0 Å². The molecule has 3 rings (SSSR count). The molecule has 0 unspecified atom stereocenters. The third kappa shape index (κ3) is 5.08. The summed E-state index contributed by atoms with van der Waals surface area (Å²) < 4.78 is 10.5. The molecule has 148 valence electrons. The number of nitrogens with zero attached hydrogens (tertiary/aromatic N) is 1. The van der Waals surface area contributed by atoms with Crippen LogP contribution in [0.4, 0.5) is 11.5 Å². The van der Waals surface area contributed by atoms with Crippen LogP contribution in [0.3, 0.4) is 0 Å². The lowest BCUT2D eigenvalue weighted by molar-refractivity contribution is 0.104. The topological polar surface area (TPSA) is 60.5 Å². The molecule has 0 saturated carbocycles. The number of ketones is 1. The predicted molar refractivity (Wildman–Crippen MR) is 117 cm³/mol. The molecule has 1 heterocycles. The molecule has 0 spiro atoms. The highest BCUT2D eigenvalue weighted by molar-refractivity contribution is 6.36. The Hall–Kier alpha value is -3.02. The number of rotatable bonds is 7. The van der Waals surface area contributed by atoms with E-state index in [1.165, 1.54) is 13.2 Å². The molecular formula is C22H18Cl2N2O3. The van der Waals surface area contributed by atoms with Crippen molar-refractivity contribution in [3.63, 3.8) is 0 Å². The number of hydrogen-bond acceptors (Lipinski definition) is 5. The van der Waals surface area contributed by atoms with E-state index < -0.39 is 0 Å². The molecule has 0 aliphatic heterocycles. The minimum Gasteiger partial charge on any atom is -0.493 e. The van der Waals surface area contributed by atoms with E-state index in [4.69, 9.17) is 32.7 Å². The summed E-state index contributed by atoms with van der Waals surface area (Å²) in [4.78, 5) is 16.9. The fourth-order valence-electron chi connectivity index (χ4n) is 2.63. The molecule has 5 nitrogen and oxygen atoms in total. The number of halogens is 2. The van der Waals surface area contributed by atoms with E-state index in [1.807, 2.05) is 6.07 Å². The van der Waals surface area contributed by atoms with Crippen molar-refractivity contribution >= 4 is 46.6 Å². The van der Waals surface area contributed by atoms with Crippen LogP contribution in [0.15, 0.2) is 60.8 Å². The van der Waals surface area contributed by atoms with Crippen molar-refractivity contribution in [2.75, 3.05) is 19.5 Å². The van der Waals surface area contributed by atoms with Crippen molar-refractivity contribution in [3.05, 3.63) is 82.0 Å². The number of methoxy groups -OCH3 is 2. The highest BCUT2D eigenvalue weighted by Crippen LogP contribution is 2.30. The largest absolute Gasteiger partial charge is 0.493 e. The highest BCUT2D eigenvalue weighted by Gasteiger charge is 2.10. The Morgan fingerprint density at radius 3 is 2.55 bits per heavy atom. The number of aromatic nitrogens is 1. The highest BCUT2D eigenvalue weighted by atomic mass is 35.5. The quantitative estimate of drug-likeness (QED) is 0.366. The normalized spacial score (nSPS) is 10.8. The lowest BCUT2D eigenvalue weighted by Crippen LogP contribution is -1.99. The smallest absolute Gasteiger partial charge is 0.185 e. The second-order valence-corrected chi connectivity index (χ2v) is 6.80. The number of hydrogen-bond donors (Lipinski definition) is 1. The zero-order valence-corrected chi connectivity index (χ0v) is 17.3. The molecule has 0 radical (unpaired) electrons. The van der Waals surface area contributed by atoms with Gasteiger partial charge in [-0.15, -0.1) is 0 Å². The molecule has 0 atom stereocenters. The van der Waals surface area contributed by atoms with Crippen LogP contribution < -0.4 is 14.8 Å². The Bertz CT molecular complexity index is 1070. The minimum absolute atomic E-state index is 0.176. The summed E-state index contributed by atoms with van der Waals surface area (Å²) in [5.41, 5.74) is 1.88. The lowest BCUT2D eigenvalue weighted by atomic mass is 10.1. The third-order valence-corrected chi connectivity index (χ3v) is 4.65. The molecule has 0 aliphatic carbocycles. The van der Waals surface area contributed by atoms with Gasteiger partial charge in [-0.3, -0.25) is 4.79 Å². The third-order valence-electron chi connectivity index (χ3n) is 4.11. The van der Waals surface area contributed by atoms with Crippen molar-refractivity contribution in [3.8, 4) is 11.5 Å². The van der Waals surface area contributed by atoms with Crippen molar-refractivity contribution in [1.29, 1.82) is 0 Å². The van der Waals surface area contributed by atoms with Crippen LogP contribution in [0.25, 0.3) is 6.08 Å². The average Bonchev–Trinajstić information content (AvgIpc) is 2.74. The van der Waals surface area contributed by atoms with Gasteiger partial charge < -0.3 is 14.8 Å². The van der Waals surface area contributed by atoms with E-state index in [-0.39, 0.29) is 5.78 Å². The Balaban J connectivity index is 1.83. The van der Waals surface area contributed by atoms with Crippen LogP contribution in [-0.4, -0.2) is 25.0 Å². The molecular weight excluding hydrogens is 411 g/mol. The van der Waals surface area contributed by atoms with Gasteiger partial charge in [0.1, 0.15) is 5.82 Å². The first-order valence-electron chi connectivity index (χ1n) is 8.63. The van der Waals surface area contributed by atoms with Crippen molar-refractivity contribution in [1.82, 2.24) is 4.98 Å². The van der Waals surface area contributed by atoms with Gasteiger partial charge in [0.05, 0.1) is 24.9 Å². The Morgan fingerprint density at radius 1 is 1.03 bits per heavy atom. The average molecular weight is 429 g/mol. The maximum absolute atomic E-state index is 12.6.